The molecule has 5 nitrogen and oxygen atoms in total. The van der Waals surface area contributed by atoms with Gasteiger partial charge < -0.3 is 10.4 Å². The van der Waals surface area contributed by atoms with Gasteiger partial charge in [-0.05, 0) is 37.6 Å². The van der Waals surface area contributed by atoms with Crippen LogP contribution >= 0.6 is 0 Å². The van der Waals surface area contributed by atoms with Crippen molar-refractivity contribution in [3.63, 3.8) is 0 Å². The van der Waals surface area contributed by atoms with Crippen LogP contribution in [-0.2, 0) is 9.59 Å². The number of nitrogens with one attached hydrogen (secondary N) is 1. The molecule has 0 aliphatic heterocycles. The largest absolute Gasteiger partial charge is 0.480 e. The first-order valence-electron chi connectivity index (χ1n) is 8.39. The topological polar surface area (TPSA) is 69.6 Å². The van der Waals surface area contributed by atoms with E-state index in [0.717, 1.165) is 17.5 Å². The monoisotopic (exact) mass is 340 g/mol. The Hall–Kier alpha value is -2.66. The molecule has 2 aromatic rings. The molecule has 25 heavy (non-hydrogen) atoms. The Labute approximate surface area is 148 Å². The Morgan fingerprint density at radius 1 is 1.08 bits per heavy atom. The number of aryl methyl sites for hydroxylation is 1. The van der Waals surface area contributed by atoms with Crippen LogP contribution in [-0.4, -0.2) is 35.0 Å². The SMILES string of the molecule is CCCN(CC(=O)O)C(C(=O)Nc1ccc(C)cc1)c1ccccc1. The van der Waals surface area contributed by atoms with E-state index in [1.54, 1.807) is 4.90 Å². The van der Waals surface area contributed by atoms with E-state index >= 15 is 0 Å². The summed E-state index contributed by atoms with van der Waals surface area (Å²) in [6, 6.07) is 16.2. The van der Waals surface area contributed by atoms with Crippen LogP contribution < -0.4 is 5.32 Å². The Balaban J connectivity index is 2.30. The van der Waals surface area contributed by atoms with Gasteiger partial charge in [0, 0.05) is 5.69 Å². The number of nitrogens with zero attached hydrogens (tertiary/aromatic N) is 1. The Kier molecular flexibility index (Phi) is 6.71. The Bertz CT molecular complexity index is 699. The molecule has 0 aliphatic carbocycles. The molecule has 0 aliphatic rings. The molecule has 0 fully saturated rings. The quantitative estimate of drug-likeness (QED) is 0.772. The molecule has 132 valence electrons. The minimum Gasteiger partial charge on any atom is -0.480 e. The van der Waals surface area contributed by atoms with Gasteiger partial charge >= 0.3 is 5.97 Å². The van der Waals surface area contributed by atoms with Crippen LogP contribution in [0.2, 0.25) is 0 Å². The number of benzene rings is 2. The second kappa shape index (κ2) is 8.99. The number of carboxylic acids is 1. The molecule has 2 rings (SSSR count). The predicted octanol–water partition coefficient (Wildman–Crippen LogP) is 3.47. The molecule has 0 spiro atoms. The maximum Gasteiger partial charge on any atom is 0.317 e. The van der Waals surface area contributed by atoms with Crippen molar-refractivity contribution in [2.45, 2.75) is 26.3 Å². The lowest BCUT2D eigenvalue weighted by Crippen LogP contribution is -2.40. The summed E-state index contributed by atoms with van der Waals surface area (Å²) in [6.45, 7) is 4.28. The molecule has 2 N–H and O–H groups in total. The molecule has 0 radical (unpaired) electrons. The lowest BCUT2D eigenvalue weighted by Gasteiger charge is -2.29. The first kappa shape index (κ1) is 18.7. The van der Waals surface area contributed by atoms with Gasteiger partial charge in [0.2, 0.25) is 5.91 Å². The molecule has 0 saturated heterocycles. The normalized spacial score (nSPS) is 12.0. The Morgan fingerprint density at radius 3 is 2.28 bits per heavy atom. The van der Waals surface area contributed by atoms with Crippen molar-refractivity contribution in [3.8, 4) is 0 Å². The van der Waals surface area contributed by atoms with Gasteiger partial charge in [0.15, 0.2) is 0 Å². The van der Waals surface area contributed by atoms with Crippen molar-refractivity contribution in [2.75, 3.05) is 18.4 Å². The molecule has 0 aromatic heterocycles. The highest BCUT2D eigenvalue weighted by atomic mass is 16.4. The Morgan fingerprint density at radius 2 is 1.72 bits per heavy atom. The van der Waals surface area contributed by atoms with Gasteiger partial charge in [-0.15, -0.1) is 0 Å². The maximum absolute atomic E-state index is 13.0. The van der Waals surface area contributed by atoms with E-state index in [-0.39, 0.29) is 12.5 Å². The molecule has 1 amide bonds. The average molecular weight is 340 g/mol. The number of carboxylic acid groups (broad SMARTS) is 1. The van der Waals surface area contributed by atoms with Crippen LogP contribution in [0.3, 0.4) is 0 Å². The molecule has 2 aromatic carbocycles. The highest BCUT2D eigenvalue weighted by molar-refractivity contribution is 5.95. The van der Waals surface area contributed by atoms with Crippen molar-refractivity contribution in [2.24, 2.45) is 0 Å². The van der Waals surface area contributed by atoms with Gasteiger partial charge in [-0.25, -0.2) is 0 Å². The van der Waals surface area contributed by atoms with E-state index in [2.05, 4.69) is 5.32 Å². The van der Waals surface area contributed by atoms with E-state index in [1.807, 2.05) is 68.4 Å². The second-order valence-corrected chi connectivity index (χ2v) is 6.03. The lowest BCUT2D eigenvalue weighted by atomic mass is 10.0. The number of hydrogen-bond donors (Lipinski definition) is 2. The van der Waals surface area contributed by atoms with Gasteiger partial charge in [-0.2, -0.15) is 0 Å². The predicted molar refractivity (Wildman–Crippen MR) is 98.5 cm³/mol. The third-order valence-electron chi connectivity index (χ3n) is 3.90. The summed E-state index contributed by atoms with van der Waals surface area (Å²) in [4.78, 5) is 25.9. The number of amides is 1. The molecular formula is C20H24N2O3. The summed E-state index contributed by atoms with van der Waals surface area (Å²) in [6.07, 6.45) is 0.758. The maximum atomic E-state index is 13.0. The number of aliphatic carboxylic acids is 1. The zero-order chi connectivity index (χ0) is 18.2. The van der Waals surface area contributed by atoms with Crippen LogP contribution in [0.1, 0.15) is 30.5 Å². The smallest absolute Gasteiger partial charge is 0.317 e. The van der Waals surface area contributed by atoms with Gasteiger partial charge in [0.25, 0.3) is 0 Å². The van der Waals surface area contributed by atoms with Crippen molar-refractivity contribution < 1.29 is 14.7 Å². The molecule has 0 bridgehead atoms. The second-order valence-electron chi connectivity index (χ2n) is 6.03. The number of carbonyl (C=O) groups is 2. The van der Waals surface area contributed by atoms with Crippen molar-refractivity contribution in [3.05, 3.63) is 65.7 Å². The fourth-order valence-electron chi connectivity index (χ4n) is 2.77. The van der Waals surface area contributed by atoms with Gasteiger partial charge in [0.1, 0.15) is 6.04 Å². The number of carbonyl (C=O) groups excluding carboxylic acids is 1. The number of anilines is 1. The summed E-state index contributed by atoms with van der Waals surface area (Å²) in [7, 11) is 0. The van der Waals surface area contributed by atoms with Gasteiger partial charge in [-0.1, -0.05) is 55.0 Å². The van der Waals surface area contributed by atoms with Crippen molar-refractivity contribution in [1.29, 1.82) is 0 Å². The molecule has 5 heteroatoms. The highest BCUT2D eigenvalue weighted by Crippen LogP contribution is 2.23. The van der Waals surface area contributed by atoms with Crippen LogP contribution in [0.4, 0.5) is 5.69 Å². The van der Waals surface area contributed by atoms with E-state index in [9.17, 15) is 14.7 Å². The van der Waals surface area contributed by atoms with Gasteiger partial charge in [-0.3, -0.25) is 14.5 Å². The highest BCUT2D eigenvalue weighted by Gasteiger charge is 2.28. The van der Waals surface area contributed by atoms with E-state index in [4.69, 9.17) is 0 Å². The van der Waals surface area contributed by atoms with Crippen LogP contribution in [0.15, 0.2) is 54.6 Å². The van der Waals surface area contributed by atoms with Gasteiger partial charge in [0.05, 0.1) is 6.54 Å². The van der Waals surface area contributed by atoms with E-state index in [1.165, 1.54) is 0 Å². The summed E-state index contributed by atoms with van der Waals surface area (Å²) in [5.41, 5.74) is 2.58. The summed E-state index contributed by atoms with van der Waals surface area (Å²) in [5.74, 6) is -1.18. The van der Waals surface area contributed by atoms with Crippen molar-refractivity contribution in [1.82, 2.24) is 4.90 Å². The third-order valence-corrected chi connectivity index (χ3v) is 3.90. The zero-order valence-electron chi connectivity index (χ0n) is 14.6. The molecule has 0 saturated carbocycles. The fourth-order valence-corrected chi connectivity index (χ4v) is 2.77. The summed E-state index contributed by atoms with van der Waals surface area (Å²) in [5, 5.41) is 12.1. The molecular weight excluding hydrogens is 316 g/mol. The average Bonchev–Trinajstić information content (AvgIpc) is 2.58. The summed E-state index contributed by atoms with van der Waals surface area (Å²) >= 11 is 0. The number of hydrogen-bond acceptors (Lipinski definition) is 3. The first-order valence-corrected chi connectivity index (χ1v) is 8.39. The van der Waals surface area contributed by atoms with E-state index in [0.29, 0.717) is 12.2 Å². The molecule has 0 heterocycles. The third kappa shape index (κ3) is 5.43. The van der Waals surface area contributed by atoms with Crippen LogP contribution in [0, 0.1) is 6.92 Å². The van der Waals surface area contributed by atoms with Crippen LogP contribution in [0.5, 0.6) is 0 Å². The molecule has 1 atom stereocenters. The molecule has 1 unspecified atom stereocenters. The minimum atomic E-state index is -0.947. The summed E-state index contributed by atoms with van der Waals surface area (Å²) < 4.78 is 0. The first-order chi connectivity index (χ1) is 12.0. The lowest BCUT2D eigenvalue weighted by molar-refractivity contribution is -0.139. The number of rotatable bonds is 8. The fraction of sp³-hybridized carbons (Fsp3) is 0.300. The minimum absolute atomic E-state index is 0.186. The zero-order valence-corrected chi connectivity index (χ0v) is 14.6. The van der Waals surface area contributed by atoms with Crippen LogP contribution in [0.25, 0.3) is 0 Å². The van der Waals surface area contributed by atoms with E-state index < -0.39 is 12.0 Å². The standard InChI is InChI=1S/C20H24N2O3/c1-3-13-22(14-18(23)24)19(16-7-5-4-6-8-16)20(25)21-17-11-9-15(2)10-12-17/h4-12,19H,3,13-14H2,1-2H3,(H,21,25)(H,23,24). The van der Waals surface area contributed by atoms with Crippen molar-refractivity contribution >= 4 is 17.6 Å².